The van der Waals surface area contributed by atoms with Crippen LogP contribution in [0.5, 0.6) is 0 Å². The van der Waals surface area contributed by atoms with E-state index in [0.717, 1.165) is 23.8 Å². The van der Waals surface area contributed by atoms with Crippen LogP contribution in [0.25, 0.3) is 27.7 Å². The van der Waals surface area contributed by atoms with Crippen LogP contribution in [0.1, 0.15) is 27.8 Å². The van der Waals surface area contributed by atoms with Crippen LogP contribution in [-0.4, -0.2) is 67.9 Å². The second kappa shape index (κ2) is 14.0. The molecule has 1 saturated heterocycles. The molecule has 1 unspecified atom stereocenters. The molecule has 49 heavy (non-hydrogen) atoms. The van der Waals surface area contributed by atoms with E-state index in [-0.39, 0.29) is 71.5 Å². The van der Waals surface area contributed by atoms with Gasteiger partial charge in [-0.25, -0.2) is 22.2 Å². The van der Waals surface area contributed by atoms with E-state index >= 15 is 0 Å². The number of carbonyl (C=O) groups excluding carboxylic acids is 2. The third kappa shape index (κ3) is 6.97. The number of carbonyl (C=O) groups is 2. The van der Waals surface area contributed by atoms with Gasteiger partial charge in [0.1, 0.15) is 17.5 Å². The Hall–Kier alpha value is -5.31. The maximum absolute atomic E-state index is 14.3. The smallest absolute Gasteiger partial charge is 0.266 e. The van der Waals surface area contributed by atoms with Gasteiger partial charge in [0.25, 0.3) is 11.5 Å². The van der Waals surface area contributed by atoms with Crippen LogP contribution >= 0.6 is 0 Å². The van der Waals surface area contributed by atoms with E-state index in [9.17, 15) is 31.6 Å². The number of aromatic nitrogens is 2. The van der Waals surface area contributed by atoms with Gasteiger partial charge in [-0.1, -0.05) is 18.2 Å². The second-order valence-electron chi connectivity index (χ2n) is 11.3. The standard InChI is InChI=1S/C35H31F2N5O6S/c1-38-34(44)24-4-2-23(3-5-24)25-6-11-30-31(19-25)40-33(32(39-21-43)18-22-16-26(36)20-27(37)17-22)42(35(30)45)28-7-9-29(10-8-28)49(46,47)41-12-14-48-15-13-41/h2-11,16-17,19-21,32H,12-15,18H2,1H3,(H,38,44)(H,39,43). The Labute approximate surface area is 280 Å². The van der Waals surface area contributed by atoms with Crippen LogP contribution in [0.4, 0.5) is 8.78 Å². The summed E-state index contributed by atoms with van der Waals surface area (Å²) in [7, 11) is -2.29. The molecule has 0 saturated carbocycles. The largest absolute Gasteiger partial charge is 0.379 e. The number of halogens is 2. The van der Waals surface area contributed by atoms with Gasteiger partial charge in [0.2, 0.25) is 16.4 Å². The fourth-order valence-corrected chi connectivity index (χ4v) is 7.21. The Bertz CT molecular complexity index is 2180. The van der Waals surface area contributed by atoms with Gasteiger partial charge < -0.3 is 15.4 Å². The average Bonchev–Trinajstić information content (AvgIpc) is 3.11. The van der Waals surface area contributed by atoms with Crippen LogP contribution < -0.4 is 16.2 Å². The Balaban J connectivity index is 1.49. The molecule has 1 aliphatic heterocycles. The molecular weight excluding hydrogens is 656 g/mol. The molecule has 1 aromatic heterocycles. The highest BCUT2D eigenvalue weighted by Gasteiger charge is 2.27. The molecule has 14 heteroatoms. The lowest BCUT2D eigenvalue weighted by Gasteiger charge is -2.26. The summed E-state index contributed by atoms with van der Waals surface area (Å²) in [6.45, 7) is 0.981. The lowest BCUT2D eigenvalue weighted by molar-refractivity contribution is -0.110. The first-order valence-electron chi connectivity index (χ1n) is 15.3. The van der Waals surface area contributed by atoms with Crippen LogP contribution in [-0.2, 0) is 26.0 Å². The van der Waals surface area contributed by atoms with Gasteiger partial charge in [0.15, 0.2) is 0 Å². The SMILES string of the molecule is CNC(=O)c1ccc(-c2ccc3c(=O)n(-c4ccc(S(=O)(=O)N5CCOCC5)cc4)c(C(Cc4cc(F)cc(F)c4)NC=O)nc3c2)cc1. The first-order valence-corrected chi connectivity index (χ1v) is 16.8. The van der Waals surface area contributed by atoms with E-state index < -0.39 is 33.3 Å². The third-order valence-corrected chi connectivity index (χ3v) is 10.2. The molecule has 0 spiro atoms. The van der Waals surface area contributed by atoms with Crippen LogP contribution in [0.2, 0.25) is 0 Å². The third-order valence-electron chi connectivity index (χ3n) is 8.25. The summed E-state index contributed by atoms with van der Waals surface area (Å²) in [6, 6.07) is 19.5. The summed E-state index contributed by atoms with van der Waals surface area (Å²) in [5.41, 5.74) is 2.12. The minimum Gasteiger partial charge on any atom is -0.379 e. The number of benzene rings is 4. The number of nitrogens with one attached hydrogen (secondary N) is 2. The van der Waals surface area contributed by atoms with Gasteiger partial charge in [0, 0.05) is 38.2 Å². The lowest BCUT2D eigenvalue weighted by Crippen LogP contribution is -2.40. The van der Waals surface area contributed by atoms with Crippen molar-refractivity contribution >= 4 is 33.2 Å². The van der Waals surface area contributed by atoms with Crippen molar-refractivity contribution in [2.75, 3.05) is 33.4 Å². The first-order chi connectivity index (χ1) is 23.6. The Morgan fingerprint density at radius 1 is 0.939 bits per heavy atom. The average molecular weight is 688 g/mol. The summed E-state index contributed by atoms with van der Waals surface area (Å²) in [5.74, 6) is -1.82. The Morgan fingerprint density at radius 2 is 1.59 bits per heavy atom. The quantitative estimate of drug-likeness (QED) is 0.213. The van der Waals surface area contributed by atoms with Gasteiger partial charge in [0.05, 0.1) is 40.7 Å². The van der Waals surface area contributed by atoms with Crippen molar-refractivity contribution in [3.8, 4) is 16.8 Å². The van der Waals surface area contributed by atoms with Gasteiger partial charge in [-0.05, 0) is 77.4 Å². The molecule has 11 nitrogen and oxygen atoms in total. The zero-order valence-corrected chi connectivity index (χ0v) is 27.0. The summed E-state index contributed by atoms with van der Waals surface area (Å²) in [6.07, 6.45) is 0.277. The van der Waals surface area contributed by atoms with Gasteiger partial charge in [-0.2, -0.15) is 4.31 Å². The Morgan fingerprint density at radius 3 is 2.22 bits per heavy atom. The van der Waals surface area contributed by atoms with Crippen molar-refractivity contribution in [3.05, 3.63) is 124 Å². The van der Waals surface area contributed by atoms with Crippen molar-refractivity contribution in [1.29, 1.82) is 0 Å². The molecule has 0 aliphatic carbocycles. The fourth-order valence-electron chi connectivity index (χ4n) is 5.80. The molecule has 1 fully saturated rings. The molecule has 5 aromatic rings. The predicted octanol–water partition coefficient (Wildman–Crippen LogP) is 3.74. The van der Waals surface area contributed by atoms with Crippen molar-refractivity contribution in [2.45, 2.75) is 17.4 Å². The number of nitrogens with zero attached hydrogens (tertiary/aromatic N) is 3. The number of ether oxygens (including phenoxy) is 1. The lowest BCUT2D eigenvalue weighted by atomic mass is 10.0. The summed E-state index contributed by atoms with van der Waals surface area (Å²) in [5, 5.41) is 5.43. The molecule has 2 heterocycles. The summed E-state index contributed by atoms with van der Waals surface area (Å²) in [4.78, 5) is 43.0. The predicted molar refractivity (Wildman–Crippen MR) is 178 cm³/mol. The highest BCUT2D eigenvalue weighted by molar-refractivity contribution is 7.89. The maximum Gasteiger partial charge on any atom is 0.266 e. The fraction of sp³-hybridized carbons (Fsp3) is 0.200. The normalized spacial score (nSPS) is 14.3. The first kappa shape index (κ1) is 33.6. The minimum absolute atomic E-state index is 0.0198. The molecule has 2 amide bonds. The van der Waals surface area contributed by atoms with E-state index in [1.807, 2.05) is 0 Å². The molecule has 1 aliphatic rings. The number of sulfonamides is 1. The molecule has 0 bridgehead atoms. The second-order valence-corrected chi connectivity index (χ2v) is 13.3. The van der Waals surface area contributed by atoms with Crippen LogP contribution in [0.3, 0.4) is 0 Å². The monoisotopic (exact) mass is 687 g/mol. The number of morpholine rings is 1. The van der Waals surface area contributed by atoms with Crippen molar-refractivity contribution in [3.63, 3.8) is 0 Å². The number of amides is 2. The highest BCUT2D eigenvalue weighted by Crippen LogP contribution is 2.27. The molecular formula is C35H31F2N5O6S. The number of hydrogen-bond donors (Lipinski definition) is 2. The molecule has 4 aromatic carbocycles. The number of rotatable bonds is 10. The van der Waals surface area contributed by atoms with Crippen molar-refractivity contribution < 1.29 is 31.5 Å². The molecule has 0 radical (unpaired) electrons. The molecule has 2 N–H and O–H groups in total. The van der Waals surface area contributed by atoms with Crippen LogP contribution in [0, 0.1) is 11.6 Å². The molecule has 252 valence electrons. The van der Waals surface area contributed by atoms with Gasteiger partial charge in [-0.15, -0.1) is 0 Å². The van der Waals surface area contributed by atoms with Gasteiger partial charge in [-0.3, -0.25) is 19.0 Å². The zero-order chi connectivity index (χ0) is 34.7. The van der Waals surface area contributed by atoms with E-state index in [1.54, 1.807) is 42.5 Å². The van der Waals surface area contributed by atoms with Crippen LogP contribution in [0.15, 0.2) is 94.6 Å². The van der Waals surface area contributed by atoms with E-state index in [2.05, 4.69) is 10.6 Å². The molecule has 1 atom stereocenters. The van der Waals surface area contributed by atoms with E-state index in [4.69, 9.17) is 9.72 Å². The summed E-state index contributed by atoms with van der Waals surface area (Å²) < 4.78 is 62.7. The van der Waals surface area contributed by atoms with Gasteiger partial charge >= 0.3 is 0 Å². The molecule has 6 rings (SSSR count). The zero-order valence-electron chi connectivity index (χ0n) is 26.2. The highest BCUT2D eigenvalue weighted by atomic mass is 32.2. The topological polar surface area (TPSA) is 140 Å². The number of fused-ring (bicyclic) bond motifs is 1. The summed E-state index contributed by atoms with van der Waals surface area (Å²) >= 11 is 0. The Kier molecular flexibility index (Phi) is 9.62. The number of hydrogen-bond acceptors (Lipinski definition) is 7. The minimum atomic E-state index is -3.83. The van der Waals surface area contributed by atoms with Crippen molar-refractivity contribution in [2.24, 2.45) is 0 Å². The van der Waals surface area contributed by atoms with Crippen molar-refractivity contribution in [1.82, 2.24) is 24.5 Å². The van der Waals surface area contributed by atoms with E-state index in [0.29, 0.717) is 17.5 Å². The van der Waals surface area contributed by atoms with E-state index in [1.165, 1.54) is 40.2 Å². The maximum atomic E-state index is 14.3.